The maximum absolute atomic E-state index is 11.8. The highest BCUT2D eigenvalue weighted by molar-refractivity contribution is 6.31. The van der Waals surface area contributed by atoms with Crippen LogP contribution in [0, 0.1) is 0 Å². The number of nitrogens with two attached hydrogens (primary N) is 1. The minimum absolute atomic E-state index is 0.0185. The van der Waals surface area contributed by atoms with Crippen molar-refractivity contribution in [3.05, 3.63) is 28.8 Å². The van der Waals surface area contributed by atoms with E-state index in [1.165, 1.54) is 18.2 Å². The first-order valence-electron chi connectivity index (χ1n) is 6.04. The molecular weight excluding hydrogens is 268 g/mol. The number of hydrogen-bond donors (Lipinski definition) is 3. The van der Waals surface area contributed by atoms with Crippen molar-refractivity contribution in [1.29, 1.82) is 0 Å². The summed E-state index contributed by atoms with van der Waals surface area (Å²) in [5.74, 6) is -1.44. The van der Waals surface area contributed by atoms with E-state index in [1.807, 2.05) is 6.92 Å². The molecule has 0 aliphatic heterocycles. The molecule has 0 saturated heterocycles. The van der Waals surface area contributed by atoms with Gasteiger partial charge >= 0.3 is 5.97 Å². The minimum Gasteiger partial charge on any atom is -0.478 e. The van der Waals surface area contributed by atoms with Crippen LogP contribution in [-0.4, -0.2) is 23.0 Å². The highest BCUT2D eigenvalue weighted by Gasteiger charge is 2.14. The quantitative estimate of drug-likeness (QED) is 0.748. The molecule has 0 saturated carbocycles. The Morgan fingerprint density at radius 2 is 2.11 bits per heavy atom. The lowest BCUT2D eigenvalue weighted by molar-refractivity contribution is -0.117. The van der Waals surface area contributed by atoms with Crippen molar-refractivity contribution >= 4 is 29.2 Å². The first kappa shape index (κ1) is 15.5. The van der Waals surface area contributed by atoms with Crippen molar-refractivity contribution in [2.75, 3.05) is 5.32 Å². The number of carboxylic acids is 1. The molecule has 0 aliphatic rings. The van der Waals surface area contributed by atoms with E-state index in [0.29, 0.717) is 12.1 Å². The summed E-state index contributed by atoms with van der Waals surface area (Å²) in [5.41, 5.74) is 6.08. The van der Waals surface area contributed by atoms with Gasteiger partial charge in [0.2, 0.25) is 5.91 Å². The number of amides is 1. The molecule has 6 heteroatoms. The normalized spacial score (nSPS) is 11.9. The molecule has 104 valence electrons. The van der Waals surface area contributed by atoms with E-state index in [4.69, 9.17) is 22.4 Å². The second-order valence-corrected chi connectivity index (χ2v) is 4.71. The monoisotopic (exact) mass is 284 g/mol. The van der Waals surface area contributed by atoms with E-state index in [1.54, 1.807) is 0 Å². The summed E-state index contributed by atoms with van der Waals surface area (Å²) in [7, 11) is 0. The minimum atomic E-state index is -1.10. The fourth-order valence-electron chi connectivity index (χ4n) is 1.58. The van der Waals surface area contributed by atoms with Gasteiger partial charge in [-0.05, 0) is 24.6 Å². The summed E-state index contributed by atoms with van der Waals surface area (Å²) in [4.78, 5) is 22.7. The van der Waals surface area contributed by atoms with Gasteiger partial charge in [-0.1, -0.05) is 31.4 Å². The fraction of sp³-hybridized carbons (Fsp3) is 0.385. The van der Waals surface area contributed by atoms with Crippen molar-refractivity contribution in [3.63, 3.8) is 0 Å². The number of unbranched alkanes of at least 4 members (excludes halogenated alkanes) is 1. The Labute approximate surface area is 116 Å². The highest BCUT2D eigenvalue weighted by Crippen LogP contribution is 2.19. The van der Waals surface area contributed by atoms with Crippen LogP contribution in [0.1, 0.15) is 36.5 Å². The number of hydrogen-bond acceptors (Lipinski definition) is 3. The van der Waals surface area contributed by atoms with E-state index in [-0.39, 0.29) is 16.5 Å². The van der Waals surface area contributed by atoms with Gasteiger partial charge in [0, 0.05) is 10.7 Å². The van der Waals surface area contributed by atoms with Gasteiger partial charge in [0.25, 0.3) is 0 Å². The third-order valence-corrected chi connectivity index (χ3v) is 2.84. The van der Waals surface area contributed by atoms with E-state index >= 15 is 0 Å². The highest BCUT2D eigenvalue weighted by atomic mass is 35.5. The maximum Gasteiger partial charge on any atom is 0.335 e. The van der Waals surface area contributed by atoms with Crippen LogP contribution in [-0.2, 0) is 4.79 Å². The van der Waals surface area contributed by atoms with Crippen LogP contribution in [0.3, 0.4) is 0 Å². The lowest BCUT2D eigenvalue weighted by atomic mass is 10.1. The molecular formula is C13H17ClN2O3. The predicted octanol–water partition coefficient (Wildman–Crippen LogP) is 2.49. The summed E-state index contributed by atoms with van der Waals surface area (Å²) in [6.07, 6.45) is 2.42. The fourth-order valence-corrected chi connectivity index (χ4v) is 1.81. The van der Waals surface area contributed by atoms with Crippen LogP contribution in [0.25, 0.3) is 0 Å². The molecule has 1 aromatic carbocycles. The van der Waals surface area contributed by atoms with Gasteiger partial charge in [0.05, 0.1) is 11.6 Å². The molecule has 1 aromatic rings. The molecule has 0 aliphatic carbocycles. The average molecular weight is 285 g/mol. The first-order chi connectivity index (χ1) is 8.93. The zero-order valence-corrected chi connectivity index (χ0v) is 11.4. The molecule has 5 nitrogen and oxygen atoms in total. The van der Waals surface area contributed by atoms with Gasteiger partial charge < -0.3 is 16.2 Å². The number of carbonyl (C=O) groups is 2. The average Bonchev–Trinajstić information content (AvgIpc) is 2.34. The van der Waals surface area contributed by atoms with Gasteiger partial charge in [-0.15, -0.1) is 0 Å². The summed E-state index contributed by atoms with van der Waals surface area (Å²) >= 11 is 5.79. The second kappa shape index (κ2) is 7.11. The van der Waals surface area contributed by atoms with Crippen LogP contribution in [0.15, 0.2) is 18.2 Å². The number of anilines is 1. The smallest absolute Gasteiger partial charge is 0.335 e. The molecule has 0 spiro atoms. The summed E-state index contributed by atoms with van der Waals surface area (Å²) < 4.78 is 0. The second-order valence-electron chi connectivity index (χ2n) is 4.27. The molecule has 0 heterocycles. The van der Waals surface area contributed by atoms with Crippen LogP contribution >= 0.6 is 11.6 Å². The Morgan fingerprint density at radius 3 is 2.68 bits per heavy atom. The number of aromatic carboxylic acids is 1. The van der Waals surface area contributed by atoms with Crippen molar-refractivity contribution in [2.45, 2.75) is 32.2 Å². The molecule has 0 fully saturated rings. The molecule has 0 bridgehead atoms. The molecule has 0 aromatic heterocycles. The Morgan fingerprint density at radius 1 is 1.42 bits per heavy atom. The Kier molecular flexibility index (Phi) is 5.79. The van der Waals surface area contributed by atoms with E-state index in [2.05, 4.69) is 5.32 Å². The number of rotatable bonds is 6. The standard InChI is InChI=1S/C13H17ClN2O3/c1-2-3-4-11(15)12(17)16-10-6-8(13(18)19)5-9(14)7-10/h5-7,11H,2-4,15H2,1H3,(H,16,17)(H,18,19). The van der Waals surface area contributed by atoms with Crippen molar-refractivity contribution in [2.24, 2.45) is 5.73 Å². The summed E-state index contributed by atoms with van der Waals surface area (Å²) in [6, 6.07) is 3.54. The van der Waals surface area contributed by atoms with Crippen molar-refractivity contribution < 1.29 is 14.7 Å². The van der Waals surface area contributed by atoms with Crippen LogP contribution in [0.4, 0.5) is 5.69 Å². The Balaban J connectivity index is 2.76. The third-order valence-electron chi connectivity index (χ3n) is 2.62. The van der Waals surface area contributed by atoms with E-state index < -0.39 is 12.0 Å². The van der Waals surface area contributed by atoms with Crippen molar-refractivity contribution in [1.82, 2.24) is 0 Å². The summed E-state index contributed by atoms with van der Waals surface area (Å²) in [5, 5.41) is 11.7. The molecule has 1 unspecified atom stereocenters. The number of carboxylic acid groups (broad SMARTS) is 1. The van der Waals surface area contributed by atoms with Crippen LogP contribution < -0.4 is 11.1 Å². The topological polar surface area (TPSA) is 92.4 Å². The predicted molar refractivity (Wildman–Crippen MR) is 74.5 cm³/mol. The SMILES string of the molecule is CCCCC(N)C(=O)Nc1cc(Cl)cc(C(=O)O)c1. The molecule has 19 heavy (non-hydrogen) atoms. The van der Waals surface area contributed by atoms with Gasteiger partial charge in [-0.25, -0.2) is 4.79 Å². The Bertz CT molecular complexity index is 477. The van der Waals surface area contributed by atoms with E-state index in [0.717, 1.165) is 12.8 Å². The van der Waals surface area contributed by atoms with Gasteiger partial charge in [-0.2, -0.15) is 0 Å². The van der Waals surface area contributed by atoms with Gasteiger partial charge in [-0.3, -0.25) is 4.79 Å². The molecule has 1 rings (SSSR count). The van der Waals surface area contributed by atoms with E-state index in [9.17, 15) is 9.59 Å². The molecule has 4 N–H and O–H groups in total. The molecule has 1 amide bonds. The number of nitrogens with one attached hydrogen (secondary N) is 1. The maximum atomic E-state index is 11.8. The van der Waals surface area contributed by atoms with Crippen LogP contribution in [0.5, 0.6) is 0 Å². The third kappa shape index (κ3) is 4.89. The lowest BCUT2D eigenvalue weighted by Gasteiger charge is -2.12. The number of halogens is 1. The number of carbonyl (C=O) groups excluding carboxylic acids is 1. The zero-order chi connectivity index (χ0) is 14.4. The Hall–Kier alpha value is -1.59. The number of benzene rings is 1. The molecule has 1 atom stereocenters. The van der Waals surface area contributed by atoms with Crippen LogP contribution in [0.2, 0.25) is 5.02 Å². The zero-order valence-electron chi connectivity index (χ0n) is 10.6. The van der Waals surface area contributed by atoms with Gasteiger partial charge in [0.1, 0.15) is 0 Å². The molecule has 0 radical (unpaired) electrons. The lowest BCUT2D eigenvalue weighted by Crippen LogP contribution is -2.35. The first-order valence-corrected chi connectivity index (χ1v) is 6.42. The van der Waals surface area contributed by atoms with Crippen molar-refractivity contribution in [3.8, 4) is 0 Å². The largest absolute Gasteiger partial charge is 0.478 e. The summed E-state index contributed by atoms with van der Waals surface area (Å²) in [6.45, 7) is 2.01. The van der Waals surface area contributed by atoms with Gasteiger partial charge in [0.15, 0.2) is 0 Å².